The number of aromatic nitrogens is 4. The molecule has 0 bridgehead atoms. The summed E-state index contributed by atoms with van der Waals surface area (Å²) in [6, 6.07) is 41.4. The van der Waals surface area contributed by atoms with Gasteiger partial charge in [-0.1, -0.05) is 88.7 Å². The Morgan fingerprint density at radius 2 is 1.26 bits per heavy atom. The van der Waals surface area contributed by atoms with Crippen LogP contribution in [-0.2, 0) is 0 Å². The van der Waals surface area contributed by atoms with Crippen LogP contribution >= 0.6 is 15.9 Å². The average Bonchev–Trinajstić information content (AvgIpc) is 3.31. The van der Waals surface area contributed by atoms with Crippen LogP contribution in [-0.4, -0.2) is 19.5 Å². The van der Waals surface area contributed by atoms with Gasteiger partial charge in [0.15, 0.2) is 5.82 Å². The first-order valence-corrected chi connectivity index (χ1v) is 13.2. The molecule has 4 aromatic carbocycles. The third-order valence-corrected chi connectivity index (χ3v) is 7.20. The highest BCUT2D eigenvalue weighted by atomic mass is 79.9. The largest absolute Gasteiger partial charge is 0.308 e. The fourth-order valence-corrected chi connectivity index (χ4v) is 5.32. The zero-order valence-electron chi connectivity index (χ0n) is 20.3. The van der Waals surface area contributed by atoms with Crippen LogP contribution in [0.5, 0.6) is 0 Å². The first kappa shape index (κ1) is 22.6. The van der Waals surface area contributed by atoms with Crippen molar-refractivity contribution in [3.8, 4) is 39.6 Å². The summed E-state index contributed by atoms with van der Waals surface area (Å²) < 4.78 is 3.30. The van der Waals surface area contributed by atoms with Crippen molar-refractivity contribution in [1.29, 1.82) is 0 Å². The van der Waals surface area contributed by atoms with Crippen LogP contribution in [0.3, 0.4) is 0 Å². The van der Waals surface area contributed by atoms with Gasteiger partial charge in [0.1, 0.15) is 0 Å². The van der Waals surface area contributed by atoms with Crippen LogP contribution in [0.25, 0.3) is 61.5 Å². The highest BCUT2D eigenvalue weighted by molar-refractivity contribution is 9.10. The zero-order valence-corrected chi connectivity index (χ0v) is 21.9. The molecule has 0 amide bonds. The smallest absolute Gasteiger partial charge is 0.160 e. The summed E-state index contributed by atoms with van der Waals surface area (Å²) in [6.45, 7) is 0. The number of fused-ring (bicyclic) bond motifs is 3. The maximum Gasteiger partial charge on any atom is 0.160 e. The molecule has 0 N–H and O–H groups in total. The lowest BCUT2D eigenvalue weighted by atomic mass is 10.1. The minimum atomic E-state index is 0.707. The van der Waals surface area contributed by atoms with Crippen LogP contribution in [0.1, 0.15) is 0 Å². The van der Waals surface area contributed by atoms with E-state index in [9.17, 15) is 0 Å². The number of pyridine rings is 1. The molecular weight excluding hydrogens is 532 g/mol. The van der Waals surface area contributed by atoms with Crippen LogP contribution in [0.15, 0.2) is 132 Å². The predicted molar refractivity (Wildman–Crippen MR) is 158 cm³/mol. The normalized spacial score (nSPS) is 11.3. The Morgan fingerprint density at radius 3 is 2.05 bits per heavy atom. The van der Waals surface area contributed by atoms with Crippen LogP contribution in [0.4, 0.5) is 0 Å². The van der Waals surface area contributed by atoms with Crippen molar-refractivity contribution in [1.82, 2.24) is 19.5 Å². The molecule has 4 nitrogen and oxygen atoms in total. The molecule has 0 atom stereocenters. The minimum Gasteiger partial charge on any atom is -0.308 e. The summed E-state index contributed by atoms with van der Waals surface area (Å²) in [6.07, 6.45) is 1.85. The molecule has 7 aromatic rings. The molecule has 3 heterocycles. The van der Waals surface area contributed by atoms with Crippen LogP contribution in [0.2, 0.25) is 0 Å². The number of hydrogen-bond acceptors (Lipinski definition) is 3. The van der Waals surface area contributed by atoms with E-state index >= 15 is 0 Å². The Bertz CT molecular complexity index is 1870. The van der Waals surface area contributed by atoms with E-state index in [1.165, 1.54) is 0 Å². The van der Waals surface area contributed by atoms with Gasteiger partial charge in [0.2, 0.25) is 0 Å². The van der Waals surface area contributed by atoms with Crippen molar-refractivity contribution >= 4 is 37.9 Å². The Kier molecular flexibility index (Phi) is 5.56. The van der Waals surface area contributed by atoms with Crippen molar-refractivity contribution in [2.24, 2.45) is 0 Å². The summed E-state index contributed by atoms with van der Waals surface area (Å²) in [5.41, 5.74) is 9.05. The van der Waals surface area contributed by atoms with Crippen molar-refractivity contribution < 1.29 is 0 Å². The number of hydrogen-bond donors (Lipinski definition) is 0. The second-order valence-corrected chi connectivity index (χ2v) is 10.0. The first-order chi connectivity index (χ1) is 18.7. The number of halogens is 1. The monoisotopic (exact) mass is 552 g/mol. The van der Waals surface area contributed by atoms with Crippen LogP contribution < -0.4 is 0 Å². The van der Waals surface area contributed by atoms with Crippen molar-refractivity contribution in [3.63, 3.8) is 0 Å². The Hall–Kier alpha value is -4.61. The second kappa shape index (κ2) is 9.36. The van der Waals surface area contributed by atoms with Gasteiger partial charge in [-0.25, -0.2) is 9.97 Å². The van der Waals surface area contributed by atoms with Gasteiger partial charge in [-0.3, -0.25) is 4.98 Å². The molecule has 0 aliphatic carbocycles. The average molecular weight is 553 g/mol. The molecule has 180 valence electrons. The molecule has 0 saturated heterocycles. The van der Waals surface area contributed by atoms with Crippen LogP contribution in [0, 0.1) is 0 Å². The van der Waals surface area contributed by atoms with Gasteiger partial charge in [0.05, 0.1) is 27.9 Å². The number of rotatable bonds is 4. The SMILES string of the molecule is Brc1ccc2c(c1)c1ncccc1n2-c1cccc(-c2cc(-c3ccccc3)nc(-c3ccccc3)n2)c1. The molecule has 0 spiro atoms. The molecular formula is C33H21BrN4. The van der Waals surface area contributed by atoms with Gasteiger partial charge in [0, 0.05) is 38.4 Å². The molecule has 0 unspecified atom stereocenters. The van der Waals surface area contributed by atoms with Gasteiger partial charge in [-0.05, 0) is 48.5 Å². The minimum absolute atomic E-state index is 0.707. The highest BCUT2D eigenvalue weighted by Gasteiger charge is 2.15. The summed E-state index contributed by atoms with van der Waals surface area (Å²) in [5.74, 6) is 0.707. The topological polar surface area (TPSA) is 43.6 Å². The standard InChI is InChI=1S/C33H21BrN4/c34-25-16-17-30-27(20-25)32-31(15-8-18-35-32)38(30)26-14-7-13-24(19-26)29-21-28(22-9-3-1-4-10-22)36-33(37-29)23-11-5-2-6-12-23/h1-21H. The van der Waals surface area contributed by atoms with Gasteiger partial charge in [0.25, 0.3) is 0 Å². The molecule has 0 aliphatic heterocycles. The Labute approximate surface area is 228 Å². The summed E-state index contributed by atoms with van der Waals surface area (Å²) in [7, 11) is 0. The number of benzene rings is 4. The lowest BCUT2D eigenvalue weighted by Gasteiger charge is -2.12. The summed E-state index contributed by atoms with van der Waals surface area (Å²) >= 11 is 3.63. The van der Waals surface area contributed by atoms with Gasteiger partial charge < -0.3 is 4.57 Å². The van der Waals surface area contributed by atoms with E-state index in [0.717, 1.165) is 60.2 Å². The maximum atomic E-state index is 5.02. The maximum absolute atomic E-state index is 5.02. The van der Waals surface area contributed by atoms with E-state index in [1.54, 1.807) is 0 Å². The van der Waals surface area contributed by atoms with Crippen molar-refractivity contribution in [2.45, 2.75) is 0 Å². The van der Waals surface area contributed by atoms with E-state index < -0.39 is 0 Å². The lowest BCUT2D eigenvalue weighted by Crippen LogP contribution is -1.97. The Balaban J connectivity index is 1.44. The molecule has 0 radical (unpaired) electrons. The predicted octanol–water partition coefficient (Wildman–Crippen LogP) is 8.73. The molecule has 0 fully saturated rings. The van der Waals surface area contributed by atoms with Crippen molar-refractivity contribution in [3.05, 3.63) is 132 Å². The highest BCUT2D eigenvalue weighted by Crippen LogP contribution is 2.34. The molecule has 7 rings (SSSR count). The first-order valence-electron chi connectivity index (χ1n) is 12.4. The van der Waals surface area contributed by atoms with Gasteiger partial charge >= 0.3 is 0 Å². The van der Waals surface area contributed by atoms with Gasteiger partial charge in [-0.15, -0.1) is 0 Å². The quantitative estimate of drug-likeness (QED) is 0.219. The molecule has 38 heavy (non-hydrogen) atoms. The van der Waals surface area contributed by atoms with Gasteiger partial charge in [-0.2, -0.15) is 0 Å². The molecule has 3 aromatic heterocycles. The summed E-state index contributed by atoms with van der Waals surface area (Å²) in [5, 5.41) is 1.11. The lowest BCUT2D eigenvalue weighted by molar-refractivity contribution is 1.16. The zero-order chi connectivity index (χ0) is 25.5. The fraction of sp³-hybridized carbons (Fsp3) is 0. The van der Waals surface area contributed by atoms with E-state index in [0.29, 0.717) is 5.82 Å². The Morgan fingerprint density at radius 1 is 0.553 bits per heavy atom. The summed E-state index contributed by atoms with van der Waals surface area (Å²) in [4.78, 5) is 14.7. The number of nitrogens with zero attached hydrogens (tertiary/aromatic N) is 4. The van der Waals surface area contributed by atoms with E-state index in [4.69, 9.17) is 15.0 Å². The third kappa shape index (κ3) is 3.98. The molecule has 0 aliphatic rings. The van der Waals surface area contributed by atoms with Crippen molar-refractivity contribution in [2.75, 3.05) is 0 Å². The van der Waals surface area contributed by atoms with E-state index in [-0.39, 0.29) is 0 Å². The fourth-order valence-electron chi connectivity index (χ4n) is 4.96. The van der Waals surface area contributed by atoms with E-state index in [1.807, 2.05) is 60.8 Å². The third-order valence-electron chi connectivity index (χ3n) is 6.71. The van der Waals surface area contributed by atoms with E-state index in [2.05, 4.69) is 87.2 Å². The molecule has 5 heteroatoms. The second-order valence-electron chi connectivity index (χ2n) is 9.11. The molecule has 0 saturated carbocycles.